The Balaban J connectivity index is 2.09. The average molecular weight is 271 g/mol. The van der Waals surface area contributed by atoms with Gasteiger partial charge in [-0.2, -0.15) is 0 Å². The van der Waals surface area contributed by atoms with Crippen LogP contribution in [0.5, 0.6) is 0 Å². The highest BCUT2D eigenvalue weighted by atomic mass is 16.6. The Morgan fingerprint density at radius 1 is 1.47 bits per heavy atom. The number of hydrogen-bond donors (Lipinski definition) is 2. The van der Waals surface area contributed by atoms with Crippen LogP contribution in [0.2, 0.25) is 5.31 Å². The van der Waals surface area contributed by atoms with Crippen LogP contribution in [-0.4, -0.2) is 60.1 Å². The molecule has 6 nitrogen and oxygen atoms in total. The molecule has 2 atom stereocenters. The van der Waals surface area contributed by atoms with E-state index in [0.717, 1.165) is 0 Å². The second-order valence-electron chi connectivity index (χ2n) is 6.49. The Hall–Kier alpha value is -0.785. The Morgan fingerprint density at radius 2 is 2.16 bits per heavy atom. The van der Waals surface area contributed by atoms with Crippen LogP contribution >= 0.6 is 0 Å². The summed E-state index contributed by atoms with van der Waals surface area (Å²) in [6.45, 7) is 7.16. The van der Waals surface area contributed by atoms with Crippen molar-refractivity contribution < 1.29 is 24.3 Å². The largest absolute Gasteiger partial charge is 0.460 e. The lowest BCUT2D eigenvalue weighted by molar-refractivity contribution is 0.0271. The van der Waals surface area contributed by atoms with Gasteiger partial charge >= 0.3 is 13.2 Å². The number of hydrogen-bond acceptors (Lipinski definition) is 5. The minimum Gasteiger partial charge on any atom is -0.444 e. The van der Waals surface area contributed by atoms with Crippen LogP contribution in [0.4, 0.5) is 4.79 Å². The van der Waals surface area contributed by atoms with Gasteiger partial charge in [0.05, 0.1) is 6.61 Å². The standard InChI is InChI=1S/C12H22BNO5/c1-11(2,3)19-10(15)14-6-9-7-18-5-4-12(9,8-14)13(16)17/h9,16-17H,4-8H2,1-3H3. The molecule has 1 amide bonds. The van der Waals surface area contributed by atoms with Gasteiger partial charge in [-0.05, 0) is 27.2 Å². The second kappa shape index (κ2) is 4.96. The zero-order chi connectivity index (χ0) is 14.3. The van der Waals surface area contributed by atoms with Crippen LogP contribution in [0.25, 0.3) is 0 Å². The van der Waals surface area contributed by atoms with Gasteiger partial charge in [0, 0.05) is 30.9 Å². The Morgan fingerprint density at radius 3 is 2.68 bits per heavy atom. The molecular formula is C12H22BNO5. The molecule has 0 radical (unpaired) electrons. The highest BCUT2D eigenvalue weighted by Gasteiger charge is 2.56. The van der Waals surface area contributed by atoms with E-state index in [1.165, 1.54) is 0 Å². The number of fused-ring (bicyclic) bond motifs is 1. The van der Waals surface area contributed by atoms with Crippen LogP contribution in [0.15, 0.2) is 0 Å². The van der Waals surface area contributed by atoms with Gasteiger partial charge in [-0.25, -0.2) is 4.79 Å². The number of rotatable bonds is 1. The number of carbonyl (C=O) groups is 1. The first kappa shape index (κ1) is 14.6. The molecule has 2 saturated heterocycles. The molecule has 2 aliphatic rings. The summed E-state index contributed by atoms with van der Waals surface area (Å²) >= 11 is 0. The molecule has 2 fully saturated rings. The molecule has 2 heterocycles. The summed E-state index contributed by atoms with van der Waals surface area (Å²) in [4.78, 5) is 13.6. The minimum atomic E-state index is -1.44. The predicted octanol–water partition coefficient (Wildman–Crippen LogP) is 0.487. The normalized spacial score (nSPS) is 31.0. The summed E-state index contributed by atoms with van der Waals surface area (Å²) in [5.74, 6) is -0.0474. The van der Waals surface area contributed by atoms with Crippen molar-refractivity contribution in [3.05, 3.63) is 0 Å². The van der Waals surface area contributed by atoms with E-state index in [4.69, 9.17) is 9.47 Å². The zero-order valence-corrected chi connectivity index (χ0v) is 11.8. The molecule has 108 valence electrons. The molecule has 0 saturated carbocycles. The maximum Gasteiger partial charge on any atom is 0.460 e. The summed E-state index contributed by atoms with van der Waals surface area (Å²) in [7, 11) is -1.44. The lowest BCUT2D eigenvalue weighted by Crippen LogP contribution is -2.45. The van der Waals surface area contributed by atoms with Gasteiger partial charge in [-0.3, -0.25) is 0 Å². The Kier molecular flexibility index (Phi) is 3.82. The van der Waals surface area contributed by atoms with E-state index in [-0.39, 0.29) is 5.92 Å². The van der Waals surface area contributed by atoms with Gasteiger partial charge < -0.3 is 24.4 Å². The molecule has 0 bridgehead atoms. The van der Waals surface area contributed by atoms with Crippen LogP contribution in [0, 0.1) is 5.92 Å². The summed E-state index contributed by atoms with van der Waals surface area (Å²) in [6.07, 6.45) is 0.149. The molecule has 0 aromatic heterocycles. The summed E-state index contributed by atoms with van der Waals surface area (Å²) < 4.78 is 10.7. The fourth-order valence-corrected chi connectivity index (χ4v) is 2.87. The molecule has 0 aliphatic carbocycles. The van der Waals surface area contributed by atoms with Gasteiger partial charge in [0.15, 0.2) is 0 Å². The van der Waals surface area contributed by atoms with Crippen molar-refractivity contribution in [2.75, 3.05) is 26.3 Å². The van der Waals surface area contributed by atoms with Gasteiger partial charge in [-0.1, -0.05) is 0 Å². The number of carbonyl (C=O) groups excluding carboxylic acids is 1. The van der Waals surface area contributed by atoms with Crippen LogP contribution in [0.3, 0.4) is 0 Å². The van der Waals surface area contributed by atoms with Crippen LogP contribution in [-0.2, 0) is 9.47 Å². The maximum absolute atomic E-state index is 12.1. The number of amides is 1. The lowest BCUT2D eigenvalue weighted by atomic mass is 9.51. The molecule has 7 heteroatoms. The Labute approximate surface area is 113 Å². The predicted molar refractivity (Wildman–Crippen MR) is 69.6 cm³/mol. The van der Waals surface area contributed by atoms with E-state index in [9.17, 15) is 14.8 Å². The van der Waals surface area contributed by atoms with Gasteiger partial charge in [0.2, 0.25) is 0 Å². The smallest absolute Gasteiger partial charge is 0.444 e. The van der Waals surface area contributed by atoms with Crippen molar-refractivity contribution in [2.45, 2.75) is 38.1 Å². The SMILES string of the molecule is CC(C)(C)OC(=O)N1CC2COCCC2(B(O)O)C1. The van der Waals surface area contributed by atoms with Crippen LogP contribution in [0.1, 0.15) is 27.2 Å². The third kappa shape index (κ3) is 2.88. The zero-order valence-electron chi connectivity index (χ0n) is 11.8. The van der Waals surface area contributed by atoms with Gasteiger partial charge in [-0.15, -0.1) is 0 Å². The molecular weight excluding hydrogens is 249 g/mol. The van der Waals surface area contributed by atoms with Gasteiger partial charge in [0.1, 0.15) is 5.60 Å². The average Bonchev–Trinajstić information content (AvgIpc) is 2.67. The third-order valence-corrected chi connectivity index (χ3v) is 3.94. The van der Waals surface area contributed by atoms with E-state index < -0.39 is 24.1 Å². The fourth-order valence-electron chi connectivity index (χ4n) is 2.87. The van der Waals surface area contributed by atoms with Gasteiger partial charge in [0.25, 0.3) is 0 Å². The first-order valence-corrected chi connectivity index (χ1v) is 6.66. The monoisotopic (exact) mass is 271 g/mol. The van der Waals surface area contributed by atoms with Crippen molar-refractivity contribution >= 4 is 13.2 Å². The summed E-state index contributed by atoms with van der Waals surface area (Å²) in [6, 6.07) is 0. The van der Waals surface area contributed by atoms with Crippen molar-refractivity contribution in [2.24, 2.45) is 5.92 Å². The maximum atomic E-state index is 12.1. The van der Waals surface area contributed by atoms with Crippen molar-refractivity contribution in [3.63, 3.8) is 0 Å². The summed E-state index contributed by atoms with van der Waals surface area (Å²) in [5, 5.41) is 18.7. The third-order valence-electron chi connectivity index (χ3n) is 3.94. The van der Waals surface area contributed by atoms with Crippen molar-refractivity contribution in [1.82, 2.24) is 4.90 Å². The number of likely N-dealkylation sites (tertiary alicyclic amines) is 1. The molecule has 2 unspecified atom stereocenters. The fraction of sp³-hybridized carbons (Fsp3) is 0.917. The number of nitrogens with zero attached hydrogens (tertiary/aromatic N) is 1. The van der Waals surface area contributed by atoms with E-state index in [0.29, 0.717) is 32.7 Å². The van der Waals surface area contributed by atoms with E-state index in [1.807, 2.05) is 20.8 Å². The van der Waals surface area contributed by atoms with Crippen molar-refractivity contribution in [3.8, 4) is 0 Å². The van der Waals surface area contributed by atoms with E-state index in [2.05, 4.69) is 0 Å². The first-order valence-electron chi connectivity index (χ1n) is 6.66. The quantitative estimate of drug-likeness (QED) is 0.678. The van der Waals surface area contributed by atoms with E-state index in [1.54, 1.807) is 4.90 Å². The molecule has 0 aromatic rings. The molecule has 19 heavy (non-hydrogen) atoms. The molecule has 2 rings (SSSR count). The minimum absolute atomic E-state index is 0.0474. The van der Waals surface area contributed by atoms with Crippen molar-refractivity contribution in [1.29, 1.82) is 0 Å². The highest BCUT2D eigenvalue weighted by Crippen LogP contribution is 2.49. The first-order chi connectivity index (χ1) is 8.74. The molecule has 0 spiro atoms. The highest BCUT2D eigenvalue weighted by molar-refractivity contribution is 6.46. The molecule has 0 aromatic carbocycles. The molecule has 2 aliphatic heterocycles. The van der Waals surface area contributed by atoms with Crippen LogP contribution < -0.4 is 0 Å². The topological polar surface area (TPSA) is 79.2 Å². The molecule has 2 N–H and O–H groups in total. The second-order valence-corrected chi connectivity index (χ2v) is 6.49. The number of ether oxygens (including phenoxy) is 2. The lowest BCUT2D eigenvalue weighted by Gasteiger charge is -2.37. The van der Waals surface area contributed by atoms with E-state index >= 15 is 0 Å². The Bertz CT molecular complexity index is 357. The summed E-state index contributed by atoms with van der Waals surface area (Å²) in [5.41, 5.74) is -0.549.